The molecule has 0 aromatic heterocycles. The van der Waals surface area contributed by atoms with Crippen molar-refractivity contribution < 1.29 is 15.0 Å². The molecule has 0 aliphatic heterocycles. The Bertz CT molecular complexity index is 1150. The average Bonchev–Trinajstić information content (AvgIpc) is 3.32. The largest absolute Gasteiger partial charge is 0.481 e. The smallest absolute Gasteiger partial charge is 0.303 e. The molecule has 0 bridgehead atoms. The van der Waals surface area contributed by atoms with E-state index < -0.39 is 5.97 Å². The molecule has 0 aromatic carbocycles. The van der Waals surface area contributed by atoms with Crippen LogP contribution in [0.4, 0.5) is 0 Å². The quantitative estimate of drug-likeness (QED) is 0.175. The lowest BCUT2D eigenvalue weighted by atomic mass is 9.33. The van der Waals surface area contributed by atoms with E-state index in [9.17, 15) is 15.0 Å². The molecular weight excluding hydrogens is 530 g/mol. The number of aliphatic carboxylic acids is 1. The molecule has 5 aliphatic carbocycles. The number of allylic oxidation sites excluding steroid dienone is 5. The van der Waals surface area contributed by atoms with Crippen LogP contribution in [0.3, 0.4) is 0 Å². The second-order valence-electron chi connectivity index (χ2n) is 16.9. The van der Waals surface area contributed by atoms with Crippen LogP contribution in [0.25, 0.3) is 0 Å². The first kappa shape index (κ1) is 33.0. The highest BCUT2D eigenvalue weighted by Gasteiger charge is 2.70. The van der Waals surface area contributed by atoms with Crippen LogP contribution in [-0.4, -0.2) is 34.9 Å². The van der Waals surface area contributed by atoms with Gasteiger partial charge in [0, 0.05) is 18.6 Å². The summed E-state index contributed by atoms with van der Waals surface area (Å²) in [4.78, 5) is 11.5. The van der Waals surface area contributed by atoms with Gasteiger partial charge in [0.2, 0.25) is 0 Å². The van der Waals surface area contributed by atoms with Crippen molar-refractivity contribution in [1.82, 2.24) is 5.32 Å². The second-order valence-corrected chi connectivity index (χ2v) is 16.9. The van der Waals surface area contributed by atoms with Crippen LogP contribution in [0.2, 0.25) is 0 Å². The van der Waals surface area contributed by atoms with E-state index in [0.717, 1.165) is 25.8 Å². The third-order valence-corrected chi connectivity index (χ3v) is 14.9. The Labute approximate surface area is 263 Å². The van der Waals surface area contributed by atoms with Gasteiger partial charge in [-0.2, -0.15) is 0 Å². The van der Waals surface area contributed by atoms with Crippen LogP contribution in [0.1, 0.15) is 132 Å². The Balaban J connectivity index is 1.49. The first-order valence-electron chi connectivity index (χ1n) is 17.8. The highest BCUT2D eigenvalue weighted by Crippen LogP contribution is 2.76. The van der Waals surface area contributed by atoms with Gasteiger partial charge < -0.3 is 15.5 Å². The summed E-state index contributed by atoms with van der Waals surface area (Å²) in [5.41, 5.74) is 5.24. The Morgan fingerprint density at radius 1 is 1.00 bits per heavy atom. The predicted molar refractivity (Wildman–Crippen MR) is 178 cm³/mol. The van der Waals surface area contributed by atoms with E-state index in [0.29, 0.717) is 46.8 Å². The average molecular weight is 594 g/mol. The number of rotatable bonds is 10. The third-order valence-electron chi connectivity index (χ3n) is 14.9. The molecule has 3 N–H and O–H groups in total. The fourth-order valence-electron chi connectivity index (χ4n) is 12.9. The molecule has 7 unspecified atom stereocenters. The zero-order valence-electron chi connectivity index (χ0n) is 28.7. The van der Waals surface area contributed by atoms with E-state index in [1.165, 1.54) is 68.1 Å². The fourth-order valence-corrected chi connectivity index (χ4v) is 12.9. The van der Waals surface area contributed by atoms with Gasteiger partial charge in [-0.15, -0.1) is 0 Å². The van der Waals surface area contributed by atoms with E-state index in [1.807, 2.05) is 0 Å². The highest BCUT2D eigenvalue weighted by molar-refractivity contribution is 5.67. The molecule has 0 heterocycles. The van der Waals surface area contributed by atoms with Crippen molar-refractivity contribution in [1.29, 1.82) is 0 Å². The molecule has 0 radical (unpaired) electrons. The standard InChI is InChI=1S/C39H63NO3/c1-9-11-27(12-15-33(42)43)29-17-19-36(6)31(35(29,4)5)18-20-38(8)32(36)14-13-30-34-28(26(2)3)16-21-39(34,40-24-10-25-41)23-22-37(30,38)7/h11,17,28,30-32,34,40-41H,2,9-10,12-16,18-25H2,1,3-8H3,(H,42,43)/b27-11+/t28-,30?,31?,32?,34?,36?,37+,38?,39?/m0/s1. The minimum atomic E-state index is -0.698. The SMILES string of the molecule is C=C(C)[C@@H]1CCC2(NCCCO)CC[C@]3(C)C(CCC4C5(C)CC=C(/C(=C/CC)CCC(=O)O)C(C)(C)C5CCC43C)C12. The van der Waals surface area contributed by atoms with E-state index in [2.05, 4.69) is 72.5 Å². The zero-order valence-corrected chi connectivity index (χ0v) is 28.7. The first-order chi connectivity index (χ1) is 20.2. The molecule has 4 nitrogen and oxygen atoms in total. The Morgan fingerprint density at radius 2 is 1.74 bits per heavy atom. The number of aliphatic hydroxyl groups is 1. The molecule has 4 heteroatoms. The summed E-state index contributed by atoms with van der Waals surface area (Å²) in [5, 5.41) is 23.1. The van der Waals surface area contributed by atoms with Crippen molar-refractivity contribution in [2.45, 2.75) is 137 Å². The molecule has 9 atom stereocenters. The molecule has 43 heavy (non-hydrogen) atoms. The van der Waals surface area contributed by atoms with E-state index in [1.54, 1.807) is 0 Å². The van der Waals surface area contributed by atoms with E-state index >= 15 is 0 Å². The molecule has 0 amide bonds. The number of hydrogen-bond acceptors (Lipinski definition) is 3. The minimum absolute atomic E-state index is 0.0421. The van der Waals surface area contributed by atoms with Crippen LogP contribution < -0.4 is 5.32 Å². The van der Waals surface area contributed by atoms with Crippen molar-refractivity contribution in [2.75, 3.05) is 13.2 Å². The van der Waals surface area contributed by atoms with Gasteiger partial charge >= 0.3 is 5.97 Å². The van der Waals surface area contributed by atoms with Gasteiger partial charge in [0.05, 0.1) is 0 Å². The summed E-state index contributed by atoms with van der Waals surface area (Å²) in [6.45, 7) is 23.2. The fraction of sp³-hybridized carbons (Fsp3) is 0.821. The predicted octanol–water partition coefficient (Wildman–Crippen LogP) is 9.11. The third kappa shape index (κ3) is 5.04. The van der Waals surface area contributed by atoms with Crippen molar-refractivity contribution in [3.63, 3.8) is 0 Å². The maximum atomic E-state index is 11.5. The number of aliphatic hydroxyl groups excluding tert-OH is 1. The Hall–Kier alpha value is -1.39. The second kappa shape index (κ2) is 11.8. The first-order valence-corrected chi connectivity index (χ1v) is 17.8. The molecular formula is C39H63NO3. The molecule has 5 rings (SSSR count). The summed E-state index contributed by atoms with van der Waals surface area (Å²) < 4.78 is 0. The molecule has 0 aromatic rings. The van der Waals surface area contributed by atoms with Gasteiger partial charge in [-0.05, 0) is 153 Å². The summed E-state index contributed by atoms with van der Waals surface area (Å²) in [7, 11) is 0. The van der Waals surface area contributed by atoms with Crippen LogP contribution in [0, 0.1) is 51.2 Å². The van der Waals surface area contributed by atoms with Crippen LogP contribution in [0.15, 0.2) is 35.5 Å². The molecule has 0 saturated heterocycles. The highest BCUT2D eigenvalue weighted by atomic mass is 16.4. The van der Waals surface area contributed by atoms with Gasteiger partial charge in [0.1, 0.15) is 0 Å². The summed E-state index contributed by atoms with van der Waals surface area (Å²) >= 11 is 0. The molecule has 4 fully saturated rings. The van der Waals surface area contributed by atoms with Gasteiger partial charge in [0.15, 0.2) is 0 Å². The van der Waals surface area contributed by atoms with Crippen molar-refractivity contribution in [2.24, 2.45) is 51.2 Å². The minimum Gasteiger partial charge on any atom is -0.481 e. The molecule has 4 saturated carbocycles. The molecule has 0 spiro atoms. The zero-order chi connectivity index (χ0) is 31.4. The lowest BCUT2D eigenvalue weighted by Gasteiger charge is -2.72. The molecule has 242 valence electrons. The lowest BCUT2D eigenvalue weighted by Crippen LogP contribution is -2.68. The van der Waals surface area contributed by atoms with Gasteiger partial charge in [0.25, 0.3) is 0 Å². The van der Waals surface area contributed by atoms with Gasteiger partial charge in [-0.3, -0.25) is 4.79 Å². The maximum Gasteiger partial charge on any atom is 0.303 e. The van der Waals surface area contributed by atoms with E-state index in [4.69, 9.17) is 0 Å². The van der Waals surface area contributed by atoms with E-state index in [-0.39, 0.29) is 29.4 Å². The summed E-state index contributed by atoms with van der Waals surface area (Å²) in [6.07, 6.45) is 18.9. The Kier molecular flexibility index (Phi) is 9.02. The summed E-state index contributed by atoms with van der Waals surface area (Å²) in [5.74, 6) is 2.58. The van der Waals surface area contributed by atoms with Gasteiger partial charge in [-0.1, -0.05) is 65.8 Å². The monoisotopic (exact) mass is 593 g/mol. The Morgan fingerprint density at radius 3 is 2.40 bits per heavy atom. The number of hydrogen-bond donors (Lipinski definition) is 3. The summed E-state index contributed by atoms with van der Waals surface area (Å²) in [6, 6.07) is 0. The van der Waals surface area contributed by atoms with Crippen LogP contribution in [0.5, 0.6) is 0 Å². The number of nitrogens with one attached hydrogen (secondary N) is 1. The number of carboxylic acid groups (broad SMARTS) is 1. The van der Waals surface area contributed by atoms with Crippen LogP contribution >= 0.6 is 0 Å². The normalized spacial score (nSPS) is 43.6. The van der Waals surface area contributed by atoms with Crippen molar-refractivity contribution >= 4 is 5.97 Å². The maximum absolute atomic E-state index is 11.5. The number of carbonyl (C=O) groups is 1. The topological polar surface area (TPSA) is 69.6 Å². The van der Waals surface area contributed by atoms with Crippen molar-refractivity contribution in [3.05, 3.63) is 35.5 Å². The number of carboxylic acids is 1. The molecule has 5 aliphatic rings. The lowest BCUT2D eigenvalue weighted by molar-refractivity contribution is -0.221. The van der Waals surface area contributed by atoms with Crippen molar-refractivity contribution in [3.8, 4) is 0 Å². The van der Waals surface area contributed by atoms with Crippen LogP contribution in [-0.2, 0) is 4.79 Å². The number of fused-ring (bicyclic) bond motifs is 7. The van der Waals surface area contributed by atoms with Gasteiger partial charge in [-0.25, -0.2) is 0 Å².